The highest BCUT2D eigenvalue weighted by molar-refractivity contribution is 5.65. The first kappa shape index (κ1) is 14.9. The van der Waals surface area contributed by atoms with Crippen molar-refractivity contribution in [2.45, 2.75) is 6.04 Å². The number of nitrogens with one attached hydrogen (secondary N) is 1. The Labute approximate surface area is 135 Å². The second-order valence-electron chi connectivity index (χ2n) is 5.25. The van der Waals surface area contributed by atoms with Crippen molar-refractivity contribution in [1.82, 2.24) is 10.3 Å². The highest BCUT2D eigenvalue weighted by Gasteiger charge is 2.30. The van der Waals surface area contributed by atoms with E-state index in [1.807, 2.05) is 30.5 Å². The van der Waals surface area contributed by atoms with E-state index in [0.717, 1.165) is 16.9 Å². The molecule has 1 aliphatic heterocycles. The third-order valence-electron chi connectivity index (χ3n) is 3.94. The molecule has 0 spiro atoms. The van der Waals surface area contributed by atoms with Crippen LogP contribution in [0.25, 0.3) is 6.08 Å². The number of hydrogen-bond acceptors (Lipinski definition) is 5. The van der Waals surface area contributed by atoms with Crippen LogP contribution < -0.4 is 10.1 Å². The molecule has 116 valence electrons. The van der Waals surface area contributed by atoms with Crippen LogP contribution >= 0.6 is 0 Å². The minimum atomic E-state index is 0.0899. The Kier molecular flexibility index (Phi) is 4.15. The van der Waals surface area contributed by atoms with Gasteiger partial charge >= 0.3 is 0 Å². The Hall–Kier alpha value is -3.00. The first-order valence-corrected chi connectivity index (χ1v) is 7.27. The van der Waals surface area contributed by atoms with Crippen LogP contribution in [0.4, 0.5) is 0 Å². The maximum Gasteiger partial charge on any atom is 0.212 e. The van der Waals surface area contributed by atoms with E-state index in [1.165, 1.54) is 0 Å². The molecule has 23 heavy (non-hydrogen) atoms. The van der Waals surface area contributed by atoms with Gasteiger partial charge in [-0.1, -0.05) is 6.08 Å². The van der Waals surface area contributed by atoms with Crippen molar-refractivity contribution < 1.29 is 9.47 Å². The second kappa shape index (κ2) is 6.41. The number of nitrogens with zero attached hydrogens (tertiary/aromatic N) is 2. The molecular formula is C18H17N3O2. The molecule has 1 aromatic rings. The number of methoxy groups -OCH3 is 2. The van der Waals surface area contributed by atoms with Gasteiger partial charge in [-0.2, -0.15) is 5.26 Å². The summed E-state index contributed by atoms with van der Waals surface area (Å²) in [7, 11) is 3.22. The summed E-state index contributed by atoms with van der Waals surface area (Å²) in [4.78, 5) is 4.16. The Balaban J connectivity index is 1.89. The minimum absolute atomic E-state index is 0.0899. The molecule has 2 atom stereocenters. The number of hydrogen-bond donors (Lipinski definition) is 1. The number of nitriles is 1. The molecule has 0 amide bonds. The van der Waals surface area contributed by atoms with Gasteiger partial charge in [0.2, 0.25) is 5.88 Å². The third kappa shape index (κ3) is 2.97. The summed E-state index contributed by atoms with van der Waals surface area (Å²) in [5.41, 5.74) is 2.42. The number of pyridine rings is 1. The molecule has 0 radical (unpaired) electrons. The molecule has 0 fully saturated rings. The summed E-state index contributed by atoms with van der Waals surface area (Å²) in [5.74, 6) is 1.45. The highest BCUT2D eigenvalue weighted by Crippen LogP contribution is 2.33. The van der Waals surface area contributed by atoms with E-state index in [2.05, 4.69) is 22.4 Å². The molecule has 5 heteroatoms. The SMILES string of the molecule is COC1=CC2C(/C(C#N)=C/c3ccc(OC)nc3)=CNC2C=C1. The summed E-state index contributed by atoms with van der Waals surface area (Å²) in [6.45, 7) is 0. The lowest BCUT2D eigenvalue weighted by atomic mass is 9.86. The number of rotatable bonds is 4. The largest absolute Gasteiger partial charge is 0.497 e. The molecular weight excluding hydrogens is 290 g/mol. The quantitative estimate of drug-likeness (QED) is 0.866. The van der Waals surface area contributed by atoms with E-state index in [9.17, 15) is 5.26 Å². The van der Waals surface area contributed by atoms with E-state index in [-0.39, 0.29) is 12.0 Å². The van der Waals surface area contributed by atoms with E-state index in [0.29, 0.717) is 11.5 Å². The summed E-state index contributed by atoms with van der Waals surface area (Å²) in [6.07, 6.45) is 11.5. The first-order valence-electron chi connectivity index (χ1n) is 7.27. The van der Waals surface area contributed by atoms with E-state index < -0.39 is 0 Å². The maximum atomic E-state index is 9.56. The van der Waals surface area contributed by atoms with Gasteiger partial charge in [-0.15, -0.1) is 0 Å². The smallest absolute Gasteiger partial charge is 0.212 e. The third-order valence-corrected chi connectivity index (χ3v) is 3.94. The molecule has 0 saturated heterocycles. The molecule has 1 aliphatic carbocycles. The van der Waals surface area contributed by atoms with Crippen molar-refractivity contribution in [2.75, 3.05) is 14.2 Å². The average molecular weight is 307 g/mol. The summed E-state index contributed by atoms with van der Waals surface area (Å²) < 4.78 is 10.3. The van der Waals surface area contributed by atoms with Gasteiger partial charge < -0.3 is 14.8 Å². The summed E-state index contributed by atoms with van der Waals surface area (Å²) >= 11 is 0. The number of fused-ring (bicyclic) bond motifs is 1. The molecule has 2 aliphatic rings. The van der Waals surface area contributed by atoms with Gasteiger partial charge in [0, 0.05) is 24.4 Å². The van der Waals surface area contributed by atoms with Gasteiger partial charge in [-0.3, -0.25) is 0 Å². The molecule has 3 rings (SSSR count). The van der Waals surface area contributed by atoms with Gasteiger partial charge in [0.1, 0.15) is 5.76 Å². The standard InChI is InChI=1S/C18H17N3O2/c1-22-14-4-5-17-15(8-14)16(11-20-17)13(9-19)7-12-3-6-18(23-2)21-10-12/h3-8,10-11,15,17,20H,1-2H3/b13-7+. The van der Waals surface area contributed by atoms with Crippen molar-refractivity contribution in [3.05, 3.63) is 65.2 Å². The van der Waals surface area contributed by atoms with Crippen molar-refractivity contribution in [1.29, 1.82) is 5.26 Å². The fraction of sp³-hybridized carbons (Fsp3) is 0.222. The minimum Gasteiger partial charge on any atom is -0.497 e. The molecule has 2 unspecified atom stereocenters. The zero-order valence-corrected chi connectivity index (χ0v) is 13.0. The Morgan fingerprint density at radius 1 is 1.35 bits per heavy atom. The summed E-state index contributed by atoms with van der Waals surface area (Å²) in [5, 5.41) is 12.9. The van der Waals surface area contributed by atoms with Gasteiger partial charge in [0.05, 0.1) is 31.9 Å². The van der Waals surface area contributed by atoms with Crippen LogP contribution in [0.2, 0.25) is 0 Å². The molecule has 1 aromatic heterocycles. The lowest BCUT2D eigenvalue weighted by molar-refractivity contribution is 0.300. The van der Waals surface area contributed by atoms with Crippen LogP contribution in [0.5, 0.6) is 5.88 Å². The first-order chi connectivity index (χ1) is 11.2. The molecule has 0 saturated carbocycles. The van der Waals surface area contributed by atoms with Gasteiger partial charge in [-0.25, -0.2) is 4.98 Å². The number of allylic oxidation sites excluding steroid dienone is 2. The topological polar surface area (TPSA) is 67.2 Å². The van der Waals surface area contributed by atoms with E-state index in [1.54, 1.807) is 26.5 Å². The molecule has 2 heterocycles. The summed E-state index contributed by atoms with van der Waals surface area (Å²) in [6, 6.07) is 6.10. The van der Waals surface area contributed by atoms with Crippen molar-refractivity contribution >= 4 is 6.08 Å². The lowest BCUT2D eigenvalue weighted by Gasteiger charge is -2.21. The highest BCUT2D eigenvalue weighted by atomic mass is 16.5. The van der Waals surface area contributed by atoms with Crippen LogP contribution in [-0.2, 0) is 4.74 Å². The van der Waals surface area contributed by atoms with Crippen LogP contribution in [-0.4, -0.2) is 25.2 Å². The van der Waals surface area contributed by atoms with Gasteiger partial charge in [0.25, 0.3) is 0 Å². The maximum absolute atomic E-state index is 9.56. The van der Waals surface area contributed by atoms with E-state index in [4.69, 9.17) is 9.47 Å². The molecule has 1 N–H and O–H groups in total. The number of aromatic nitrogens is 1. The average Bonchev–Trinajstić information content (AvgIpc) is 3.03. The van der Waals surface area contributed by atoms with Gasteiger partial charge in [0.15, 0.2) is 0 Å². The normalized spacial score (nSPS) is 22.4. The van der Waals surface area contributed by atoms with Crippen molar-refractivity contribution in [3.8, 4) is 11.9 Å². The zero-order chi connectivity index (χ0) is 16.2. The Bertz CT molecular complexity index is 751. The predicted octanol–water partition coefficient (Wildman–Crippen LogP) is 2.57. The number of ether oxygens (including phenoxy) is 2. The molecule has 0 aromatic carbocycles. The van der Waals surface area contributed by atoms with Crippen molar-refractivity contribution in [3.63, 3.8) is 0 Å². The predicted molar refractivity (Wildman–Crippen MR) is 87.1 cm³/mol. The van der Waals surface area contributed by atoms with E-state index >= 15 is 0 Å². The van der Waals surface area contributed by atoms with Crippen LogP contribution in [0.15, 0.2) is 59.7 Å². The Morgan fingerprint density at radius 3 is 2.87 bits per heavy atom. The van der Waals surface area contributed by atoms with Crippen LogP contribution in [0, 0.1) is 17.2 Å². The lowest BCUT2D eigenvalue weighted by Crippen LogP contribution is -2.26. The monoisotopic (exact) mass is 307 g/mol. The van der Waals surface area contributed by atoms with Gasteiger partial charge in [-0.05, 0) is 35.4 Å². The van der Waals surface area contributed by atoms with Crippen LogP contribution in [0.1, 0.15) is 5.56 Å². The zero-order valence-electron chi connectivity index (χ0n) is 13.0. The fourth-order valence-corrected chi connectivity index (χ4v) is 2.72. The fourth-order valence-electron chi connectivity index (χ4n) is 2.72. The molecule has 5 nitrogen and oxygen atoms in total. The van der Waals surface area contributed by atoms with Crippen LogP contribution in [0.3, 0.4) is 0 Å². The Morgan fingerprint density at radius 2 is 2.22 bits per heavy atom. The van der Waals surface area contributed by atoms with Crippen molar-refractivity contribution in [2.24, 2.45) is 5.92 Å². The second-order valence-corrected chi connectivity index (χ2v) is 5.25. The molecule has 0 bridgehead atoms.